The molecule has 1 N–H and O–H groups in total. The average molecular weight is 236 g/mol. The lowest BCUT2D eigenvalue weighted by molar-refractivity contribution is -0.129. The quantitative estimate of drug-likeness (QED) is 0.861. The van der Waals surface area contributed by atoms with E-state index in [0.717, 1.165) is 31.2 Å². The molecule has 0 radical (unpaired) electrons. The van der Waals surface area contributed by atoms with Crippen LogP contribution in [-0.4, -0.2) is 26.8 Å². The van der Waals surface area contributed by atoms with Crippen molar-refractivity contribution in [3.8, 4) is 0 Å². The standard InChI is InChI=1S/C13H20N2O2/c1-15-9-10(8-14-15)7-12(16)13(17)11-5-3-2-4-6-11/h8-9,11,13,17H,2-7H2,1H3. The average Bonchev–Trinajstić information content (AvgIpc) is 2.75. The lowest BCUT2D eigenvalue weighted by Crippen LogP contribution is -2.32. The molecule has 4 nitrogen and oxygen atoms in total. The van der Waals surface area contributed by atoms with Gasteiger partial charge in [0.2, 0.25) is 0 Å². The number of rotatable bonds is 4. The second-order valence-electron chi connectivity index (χ2n) is 5.01. The number of Topliss-reactive ketones (excluding diaryl/α,β-unsaturated/α-hetero) is 1. The van der Waals surface area contributed by atoms with Crippen molar-refractivity contribution in [1.82, 2.24) is 9.78 Å². The summed E-state index contributed by atoms with van der Waals surface area (Å²) in [5.74, 6) is 0.109. The number of aromatic nitrogens is 2. The van der Waals surface area contributed by atoms with E-state index in [0.29, 0.717) is 6.42 Å². The Morgan fingerprint density at radius 1 is 1.53 bits per heavy atom. The lowest BCUT2D eigenvalue weighted by atomic mass is 9.83. The molecular weight excluding hydrogens is 216 g/mol. The summed E-state index contributed by atoms with van der Waals surface area (Å²) in [6.07, 6.45) is 8.52. The zero-order chi connectivity index (χ0) is 12.3. The Bertz CT molecular complexity index is 381. The van der Waals surface area contributed by atoms with Crippen molar-refractivity contribution in [1.29, 1.82) is 0 Å². The van der Waals surface area contributed by atoms with Crippen molar-refractivity contribution >= 4 is 5.78 Å². The molecule has 1 aliphatic rings. The maximum atomic E-state index is 11.9. The Kier molecular flexibility index (Phi) is 3.94. The Labute approximate surface area is 102 Å². The van der Waals surface area contributed by atoms with E-state index in [-0.39, 0.29) is 11.7 Å². The molecule has 94 valence electrons. The van der Waals surface area contributed by atoms with Crippen LogP contribution in [0.15, 0.2) is 12.4 Å². The summed E-state index contributed by atoms with van der Waals surface area (Å²) in [7, 11) is 1.82. The van der Waals surface area contributed by atoms with Gasteiger partial charge >= 0.3 is 0 Å². The number of nitrogens with zero attached hydrogens (tertiary/aromatic N) is 2. The van der Waals surface area contributed by atoms with Gasteiger partial charge in [0.1, 0.15) is 6.10 Å². The van der Waals surface area contributed by atoms with Crippen molar-refractivity contribution in [3.63, 3.8) is 0 Å². The summed E-state index contributed by atoms with van der Waals surface area (Å²) < 4.78 is 1.68. The molecule has 1 atom stereocenters. The Hall–Kier alpha value is -1.16. The van der Waals surface area contributed by atoms with Crippen LogP contribution in [0, 0.1) is 5.92 Å². The maximum absolute atomic E-state index is 11.9. The summed E-state index contributed by atoms with van der Waals surface area (Å²) in [5.41, 5.74) is 0.882. The number of carbonyl (C=O) groups excluding carboxylic acids is 1. The molecule has 1 heterocycles. The molecule has 4 heteroatoms. The summed E-state index contributed by atoms with van der Waals surface area (Å²) in [5, 5.41) is 14.1. The molecule has 0 spiro atoms. The second kappa shape index (κ2) is 5.45. The molecule has 0 bridgehead atoms. The number of ketones is 1. The largest absolute Gasteiger partial charge is 0.385 e. The Balaban J connectivity index is 1.90. The van der Waals surface area contributed by atoms with Crippen molar-refractivity contribution in [2.75, 3.05) is 0 Å². The van der Waals surface area contributed by atoms with Crippen LogP contribution in [0.5, 0.6) is 0 Å². The van der Waals surface area contributed by atoms with Crippen LogP contribution in [0.1, 0.15) is 37.7 Å². The van der Waals surface area contributed by atoms with E-state index in [4.69, 9.17) is 0 Å². The molecule has 0 amide bonds. The first-order valence-corrected chi connectivity index (χ1v) is 6.35. The van der Waals surface area contributed by atoms with E-state index in [1.54, 1.807) is 10.9 Å². The van der Waals surface area contributed by atoms with Crippen molar-refractivity contribution in [2.24, 2.45) is 13.0 Å². The lowest BCUT2D eigenvalue weighted by Gasteiger charge is -2.25. The molecule has 1 unspecified atom stereocenters. The van der Waals surface area contributed by atoms with Gasteiger partial charge in [0.25, 0.3) is 0 Å². The van der Waals surface area contributed by atoms with Gasteiger partial charge in [-0.15, -0.1) is 0 Å². The molecule has 0 saturated heterocycles. The van der Waals surface area contributed by atoms with Gasteiger partial charge in [-0.25, -0.2) is 0 Å². The zero-order valence-electron chi connectivity index (χ0n) is 10.3. The fraction of sp³-hybridized carbons (Fsp3) is 0.692. The highest BCUT2D eigenvalue weighted by Gasteiger charge is 2.27. The Morgan fingerprint density at radius 2 is 2.24 bits per heavy atom. The molecule has 0 aliphatic heterocycles. The monoisotopic (exact) mass is 236 g/mol. The first-order chi connectivity index (χ1) is 8.16. The first kappa shape index (κ1) is 12.3. The second-order valence-corrected chi connectivity index (χ2v) is 5.01. The highest BCUT2D eigenvalue weighted by Crippen LogP contribution is 2.27. The van der Waals surface area contributed by atoms with Gasteiger partial charge in [0, 0.05) is 19.7 Å². The van der Waals surface area contributed by atoms with Gasteiger partial charge in [0.15, 0.2) is 5.78 Å². The van der Waals surface area contributed by atoms with Gasteiger partial charge in [0.05, 0.1) is 6.20 Å². The van der Waals surface area contributed by atoms with Crippen LogP contribution in [-0.2, 0) is 18.3 Å². The number of hydrogen-bond donors (Lipinski definition) is 1. The van der Waals surface area contributed by atoms with E-state index >= 15 is 0 Å². The summed E-state index contributed by atoms with van der Waals surface area (Å²) in [4.78, 5) is 11.9. The van der Waals surface area contributed by atoms with Crippen molar-refractivity contribution in [2.45, 2.75) is 44.6 Å². The molecular formula is C13H20N2O2. The van der Waals surface area contributed by atoms with E-state index in [2.05, 4.69) is 5.10 Å². The smallest absolute Gasteiger partial charge is 0.166 e. The summed E-state index contributed by atoms with van der Waals surface area (Å²) in [6.45, 7) is 0. The maximum Gasteiger partial charge on any atom is 0.166 e. The summed E-state index contributed by atoms with van der Waals surface area (Å²) in [6, 6.07) is 0. The van der Waals surface area contributed by atoms with E-state index in [1.165, 1.54) is 6.42 Å². The van der Waals surface area contributed by atoms with E-state index in [9.17, 15) is 9.90 Å². The van der Waals surface area contributed by atoms with E-state index in [1.807, 2.05) is 13.2 Å². The number of aliphatic hydroxyl groups excluding tert-OH is 1. The molecule has 2 rings (SSSR count). The molecule has 1 aromatic rings. The number of aryl methyl sites for hydroxylation is 1. The number of hydrogen-bond acceptors (Lipinski definition) is 3. The predicted molar refractivity (Wildman–Crippen MR) is 64.5 cm³/mol. The van der Waals surface area contributed by atoms with Gasteiger partial charge in [-0.1, -0.05) is 19.3 Å². The van der Waals surface area contributed by atoms with Gasteiger partial charge in [-0.05, 0) is 24.3 Å². The minimum absolute atomic E-state index is 0.0649. The fourth-order valence-electron chi connectivity index (χ4n) is 2.58. The normalized spacial score (nSPS) is 19.2. The highest BCUT2D eigenvalue weighted by atomic mass is 16.3. The van der Waals surface area contributed by atoms with Crippen molar-refractivity contribution < 1.29 is 9.90 Å². The van der Waals surface area contributed by atoms with Gasteiger partial charge in [-0.3, -0.25) is 9.48 Å². The highest BCUT2D eigenvalue weighted by molar-refractivity contribution is 5.85. The van der Waals surface area contributed by atoms with E-state index < -0.39 is 6.10 Å². The first-order valence-electron chi connectivity index (χ1n) is 6.35. The van der Waals surface area contributed by atoms with Crippen LogP contribution in [0.25, 0.3) is 0 Å². The minimum Gasteiger partial charge on any atom is -0.385 e. The molecule has 1 aliphatic carbocycles. The molecule has 1 aromatic heterocycles. The molecule has 0 aromatic carbocycles. The van der Waals surface area contributed by atoms with Crippen LogP contribution in [0.3, 0.4) is 0 Å². The topological polar surface area (TPSA) is 55.1 Å². The SMILES string of the molecule is Cn1cc(CC(=O)C(O)C2CCCCC2)cn1. The predicted octanol–water partition coefficient (Wildman–Crippen LogP) is 1.47. The third kappa shape index (κ3) is 3.16. The van der Waals surface area contributed by atoms with Gasteiger partial charge in [-0.2, -0.15) is 5.10 Å². The summed E-state index contributed by atoms with van der Waals surface area (Å²) >= 11 is 0. The molecule has 1 saturated carbocycles. The van der Waals surface area contributed by atoms with Crippen molar-refractivity contribution in [3.05, 3.63) is 18.0 Å². The minimum atomic E-state index is -0.782. The molecule has 17 heavy (non-hydrogen) atoms. The number of carbonyl (C=O) groups is 1. The fourth-order valence-corrected chi connectivity index (χ4v) is 2.58. The third-order valence-electron chi connectivity index (χ3n) is 3.56. The Morgan fingerprint density at radius 3 is 2.82 bits per heavy atom. The molecule has 1 fully saturated rings. The third-order valence-corrected chi connectivity index (χ3v) is 3.56. The zero-order valence-corrected chi connectivity index (χ0v) is 10.3. The van der Waals surface area contributed by atoms with Crippen LogP contribution < -0.4 is 0 Å². The van der Waals surface area contributed by atoms with Crippen LogP contribution in [0.4, 0.5) is 0 Å². The van der Waals surface area contributed by atoms with Crippen LogP contribution in [0.2, 0.25) is 0 Å². The van der Waals surface area contributed by atoms with Crippen LogP contribution >= 0.6 is 0 Å². The van der Waals surface area contributed by atoms with Gasteiger partial charge < -0.3 is 5.11 Å². The number of aliphatic hydroxyl groups is 1.